The highest BCUT2D eigenvalue weighted by atomic mass is 16.5. The highest BCUT2D eigenvalue weighted by Crippen LogP contribution is 2.27. The largest absolute Gasteiger partial charge is 0.493 e. The fraction of sp³-hybridized carbons (Fsp3) is 0.222. The van der Waals surface area contributed by atoms with Crippen molar-refractivity contribution in [1.82, 2.24) is 20.2 Å². The summed E-state index contributed by atoms with van der Waals surface area (Å²) in [5, 5.41) is 13.9. The van der Waals surface area contributed by atoms with Crippen molar-refractivity contribution in [2.45, 2.75) is 13.8 Å². The lowest BCUT2D eigenvalue weighted by molar-refractivity contribution is -0.118. The predicted octanol–water partition coefficient (Wildman–Crippen LogP) is 2.31. The number of tetrazole rings is 1. The number of rotatable bonds is 6. The summed E-state index contributed by atoms with van der Waals surface area (Å²) in [7, 11) is 1.57. The second-order valence-electron chi connectivity index (χ2n) is 5.74. The summed E-state index contributed by atoms with van der Waals surface area (Å²) in [6.45, 7) is 3.73. The SMILES string of the molecule is COc1cc(C)ccc1OCC(=O)Nc1cc(-n2cnnn2)ccc1C. The zero-order valence-electron chi connectivity index (χ0n) is 14.8. The predicted molar refractivity (Wildman–Crippen MR) is 95.7 cm³/mol. The molecular weight excluding hydrogens is 334 g/mol. The summed E-state index contributed by atoms with van der Waals surface area (Å²) >= 11 is 0. The molecule has 1 amide bonds. The van der Waals surface area contributed by atoms with E-state index < -0.39 is 0 Å². The summed E-state index contributed by atoms with van der Waals surface area (Å²) in [6.07, 6.45) is 1.49. The zero-order valence-corrected chi connectivity index (χ0v) is 14.8. The molecule has 26 heavy (non-hydrogen) atoms. The van der Waals surface area contributed by atoms with E-state index in [1.807, 2.05) is 38.1 Å². The Morgan fingerprint density at radius 3 is 2.73 bits per heavy atom. The zero-order chi connectivity index (χ0) is 18.5. The van der Waals surface area contributed by atoms with Gasteiger partial charge in [0.1, 0.15) is 6.33 Å². The number of anilines is 1. The molecule has 134 valence electrons. The minimum Gasteiger partial charge on any atom is -0.493 e. The second kappa shape index (κ2) is 7.64. The van der Waals surface area contributed by atoms with Crippen LogP contribution in [0.3, 0.4) is 0 Å². The molecule has 0 aliphatic carbocycles. The summed E-state index contributed by atoms with van der Waals surface area (Å²) in [6, 6.07) is 11.1. The molecule has 0 saturated heterocycles. The van der Waals surface area contributed by atoms with Gasteiger partial charge in [0.05, 0.1) is 12.8 Å². The Kier molecular flexibility index (Phi) is 5.12. The van der Waals surface area contributed by atoms with Gasteiger partial charge in [0.15, 0.2) is 18.1 Å². The van der Waals surface area contributed by atoms with Gasteiger partial charge in [-0.15, -0.1) is 5.10 Å². The van der Waals surface area contributed by atoms with Crippen molar-refractivity contribution in [3.63, 3.8) is 0 Å². The summed E-state index contributed by atoms with van der Waals surface area (Å²) < 4.78 is 12.4. The third kappa shape index (κ3) is 3.97. The lowest BCUT2D eigenvalue weighted by Crippen LogP contribution is -2.21. The van der Waals surface area contributed by atoms with E-state index in [0.29, 0.717) is 17.2 Å². The third-order valence-electron chi connectivity index (χ3n) is 3.79. The minimum absolute atomic E-state index is 0.131. The van der Waals surface area contributed by atoms with Crippen molar-refractivity contribution >= 4 is 11.6 Å². The van der Waals surface area contributed by atoms with Crippen molar-refractivity contribution in [2.24, 2.45) is 0 Å². The smallest absolute Gasteiger partial charge is 0.262 e. The number of hydrogen-bond acceptors (Lipinski definition) is 6. The molecule has 0 saturated carbocycles. The van der Waals surface area contributed by atoms with Crippen LogP contribution in [0, 0.1) is 13.8 Å². The van der Waals surface area contributed by atoms with Crippen LogP contribution >= 0.6 is 0 Å². The van der Waals surface area contributed by atoms with Gasteiger partial charge in [-0.25, -0.2) is 4.68 Å². The van der Waals surface area contributed by atoms with Crippen LogP contribution < -0.4 is 14.8 Å². The van der Waals surface area contributed by atoms with E-state index in [0.717, 1.165) is 16.8 Å². The van der Waals surface area contributed by atoms with Crippen LogP contribution in [0.1, 0.15) is 11.1 Å². The first-order valence-electron chi connectivity index (χ1n) is 7.98. The van der Waals surface area contributed by atoms with Crippen LogP contribution in [0.15, 0.2) is 42.7 Å². The van der Waals surface area contributed by atoms with E-state index in [-0.39, 0.29) is 12.5 Å². The quantitative estimate of drug-likeness (QED) is 0.731. The highest BCUT2D eigenvalue weighted by Gasteiger charge is 2.10. The average Bonchev–Trinajstić information content (AvgIpc) is 3.17. The van der Waals surface area contributed by atoms with Gasteiger partial charge < -0.3 is 14.8 Å². The molecular formula is C18H19N5O3. The van der Waals surface area contributed by atoms with Crippen molar-refractivity contribution < 1.29 is 14.3 Å². The Bertz CT molecular complexity index is 909. The van der Waals surface area contributed by atoms with Crippen molar-refractivity contribution in [3.8, 4) is 17.2 Å². The lowest BCUT2D eigenvalue weighted by atomic mass is 10.2. The number of nitrogens with one attached hydrogen (secondary N) is 1. The maximum atomic E-state index is 12.3. The van der Waals surface area contributed by atoms with Gasteiger partial charge in [-0.2, -0.15) is 0 Å². The number of benzene rings is 2. The Balaban J connectivity index is 1.68. The number of carbonyl (C=O) groups is 1. The normalized spacial score (nSPS) is 10.4. The molecule has 8 nitrogen and oxygen atoms in total. The number of hydrogen-bond donors (Lipinski definition) is 1. The molecule has 8 heteroatoms. The van der Waals surface area contributed by atoms with Gasteiger partial charge in [0, 0.05) is 5.69 Å². The number of carbonyl (C=O) groups excluding carboxylic acids is 1. The Morgan fingerprint density at radius 2 is 2.00 bits per heavy atom. The van der Waals surface area contributed by atoms with E-state index in [1.54, 1.807) is 19.2 Å². The molecule has 2 aromatic carbocycles. The molecule has 1 N–H and O–H groups in total. The number of nitrogens with zero attached hydrogens (tertiary/aromatic N) is 4. The van der Waals surface area contributed by atoms with Crippen LogP contribution in [0.5, 0.6) is 11.5 Å². The maximum Gasteiger partial charge on any atom is 0.262 e. The molecule has 0 atom stereocenters. The number of ether oxygens (including phenoxy) is 2. The van der Waals surface area contributed by atoms with Gasteiger partial charge in [-0.05, 0) is 59.7 Å². The fourth-order valence-corrected chi connectivity index (χ4v) is 2.39. The van der Waals surface area contributed by atoms with E-state index in [1.165, 1.54) is 11.0 Å². The van der Waals surface area contributed by atoms with Gasteiger partial charge in [0.25, 0.3) is 5.91 Å². The summed E-state index contributed by atoms with van der Waals surface area (Å²) in [4.78, 5) is 12.3. The number of aryl methyl sites for hydroxylation is 2. The van der Waals surface area contributed by atoms with E-state index >= 15 is 0 Å². The van der Waals surface area contributed by atoms with Gasteiger partial charge >= 0.3 is 0 Å². The number of amides is 1. The van der Waals surface area contributed by atoms with E-state index in [2.05, 4.69) is 20.8 Å². The van der Waals surface area contributed by atoms with Crippen molar-refractivity contribution in [2.75, 3.05) is 19.0 Å². The van der Waals surface area contributed by atoms with Gasteiger partial charge in [-0.1, -0.05) is 12.1 Å². The first-order valence-corrected chi connectivity index (χ1v) is 7.98. The second-order valence-corrected chi connectivity index (χ2v) is 5.74. The molecule has 0 radical (unpaired) electrons. The van der Waals surface area contributed by atoms with Gasteiger partial charge in [0.2, 0.25) is 0 Å². The molecule has 1 aromatic heterocycles. The number of aromatic nitrogens is 4. The molecule has 1 heterocycles. The minimum atomic E-state index is -0.274. The molecule has 0 unspecified atom stereocenters. The average molecular weight is 353 g/mol. The van der Waals surface area contributed by atoms with E-state index in [4.69, 9.17) is 9.47 Å². The first kappa shape index (κ1) is 17.4. The van der Waals surface area contributed by atoms with Crippen molar-refractivity contribution in [1.29, 1.82) is 0 Å². The number of methoxy groups -OCH3 is 1. The Labute approximate surface area is 150 Å². The fourth-order valence-electron chi connectivity index (χ4n) is 2.39. The molecule has 0 fully saturated rings. The van der Waals surface area contributed by atoms with Crippen LogP contribution in [0.25, 0.3) is 5.69 Å². The van der Waals surface area contributed by atoms with Crippen molar-refractivity contribution in [3.05, 3.63) is 53.9 Å². The molecule has 0 aliphatic heterocycles. The van der Waals surface area contributed by atoms with Crippen LogP contribution in [-0.2, 0) is 4.79 Å². The monoisotopic (exact) mass is 353 g/mol. The first-order chi connectivity index (χ1) is 12.6. The molecule has 3 aromatic rings. The highest BCUT2D eigenvalue weighted by molar-refractivity contribution is 5.93. The van der Waals surface area contributed by atoms with Crippen LogP contribution in [-0.4, -0.2) is 39.8 Å². The lowest BCUT2D eigenvalue weighted by Gasteiger charge is -2.13. The van der Waals surface area contributed by atoms with E-state index in [9.17, 15) is 4.79 Å². The maximum absolute atomic E-state index is 12.3. The Morgan fingerprint density at radius 1 is 1.15 bits per heavy atom. The Hall–Kier alpha value is -3.42. The van der Waals surface area contributed by atoms with Crippen LogP contribution in [0.2, 0.25) is 0 Å². The summed E-state index contributed by atoms with van der Waals surface area (Å²) in [5.41, 5.74) is 3.39. The standard InChI is InChI=1S/C18H19N5O3/c1-12-4-7-16(17(8-12)25-3)26-10-18(24)20-15-9-14(6-5-13(15)2)23-11-19-21-22-23/h4-9,11H,10H2,1-3H3,(H,20,24). The van der Waals surface area contributed by atoms with Crippen LogP contribution in [0.4, 0.5) is 5.69 Å². The van der Waals surface area contributed by atoms with Gasteiger partial charge in [-0.3, -0.25) is 4.79 Å². The molecule has 0 bridgehead atoms. The molecule has 3 rings (SSSR count). The molecule has 0 aliphatic rings. The third-order valence-corrected chi connectivity index (χ3v) is 3.79. The molecule has 0 spiro atoms. The topological polar surface area (TPSA) is 91.2 Å². The summed E-state index contributed by atoms with van der Waals surface area (Å²) in [5.74, 6) is 0.840.